The second-order valence-corrected chi connectivity index (χ2v) is 4.19. The molecule has 1 rings (SSSR count). The number of rotatable bonds is 6. The maximum Gasteiger partial charge on any atom is 0.305 e. The molecule has 14 heavy (non-hydrogen) atoms. The number of hydrogen-bond donors (Lipinski definition) is 0. The summed E-state index contributed by atoms with van der Waals surface area (Å²) in [6, 6.07) is 4.14. The molecule has 78 valence electrons. The Morgan fingerprint density at radius 1 is 1.57 bits per heavy atom. The van der Waals surface area contributed by atoms with Gasteiger partial charge >= 0.3 is 5.97 Å². The minimum Gasteiger partial charge on any atom is -0.466 e. The van der Waals surface area contributed by atoms with E-state index in [1.807, 2.05) is 13.0 Å². The van der Waals surface area contributed by atoms with Gasteiger partial charge in [0, 0.05) is 11.3 Å². The minimum atomic E-state index is -0.0663. The van der Waals surface area contributed by atoms with E-state index < -0.39 is 0 Å². The van der Waals surface area contributed by atoms with Gasteiger partial charge in [-0.1, -0.05) is 13.0 Å². The number of aryl methyl sites for hydroxylation is 1. The van der Waals surface area contributed by atoms with Crippen LogP contribution in [0.25, 0.3) is 0 Å². The van der Waals surface area contributed by atoms with E-state index in [0.29, 0.717) is 13.0 Å². The molecule has 0 aromatic carbocycles. The Bertz CT molecular complexity index is 254. The van der Waals surface area contributed by atoms with Crippen molar-refractivity contribution in [2.45, 2.75) is 32.6 Å². The summed E-state index contributed by atoms with van der Waals surface area (Å²) in [6.07, 6.45) is 3.32. The molecular formula is C11H16O2S. The summed E-state index contributed by atoms with van der Waals surface area (Å²) < 4.78 is 4.98. The maximum absolute atomic E-state index is 11.1. The Labute approximate surface area is 88.9 Å². The summed E-state index contributed by atoms with van der Waals surface area (Å²) in [6.45, 7) is 2.55. The van der Waals surface area contributed by atoms with Crippen LogP contribution in [0.5, 0.6) is 0 Å². The Hall–Kier alpha value is -0.830. The van der Waals surface area contributed by atoms with Gasteiger partial charge in [-0.3, -0.25) is 4.79 Å². The average molecular weight is 212 g/mol. The topological polar surface area (TPSA) is 26.3 Å². The first-order chi connectivity index (χ1) is 6.83. The fourth-order valence-corrected chi connectivity index (χ4v) is 1.90. The molecule has 0 saturated carbocycles. The smallest absolute Gasteiger partial charge is 0.305 e. The third-order valence-electron chi connectivity index (χ3n) is 1.85. The molecule has 0 aliphatic heterocycles. The number of thiophene rings is 1. The van der Waals surface area contributed by atoms with E-state index in [9.17, 15) is 4.79 Å². The highest BCUT2D eigenvalue weighted by Gasteiger charge is 2.02. The van der Waals surface area contributed by atoms with Gasteiger partial charge < -0.3 is 4.74 Å². The van der Waals surface area contributed by atoms with Crippen molar-refractivity contribution in [1.29, 1.82) is 0 Å². The molecule has 3 heteroatoms. The lowest BCUT2D eigenvalue weighted by Crippen LogP contribution is -2.05. The van der Waals surface area contributed by atoms with E-state index in [-0.39, 0.29) is 5.97 Å². The maximum atomic E-state index is 11.1. The molecular weight excluding hydrogens is 196 g/mol. The lowest BCUT2D eigenvalue weighted by Gasteiger charge is -2.01. The summed E-state index contributed by atoms with van der Waals surface area (Å²) in [7, 11) is 0. The predicted molar refractivity (Wildman–Crippen MR) is 58.5 cm³/mol. The SMILES string of the molecule is CCCOC(=O)CCCc1cccs1. The summed E-state index contributed by atoms with van der Waals surface area (Å²) in [5.74, 6) is -0.0663. The van der Waals surface area contributed by atoms with Crippen LogP contribution in [0.3, 0.4) is 0 Å². The zero-order valence-electron chi connectivity index (χ0n) is 8.49. The van der Waals surface area contributed by atoms with Crippen molar-refractivity contribution < 1.29 is 9.53 Å². The van der Waals surface area contributed by atoms with E-state index in [1.54, 1.807) is 11.3 Å². The fourth-order valence-electron chi connectivity index (χ4n) is 1.15. The van der Waals surface area contributed by atoms with Crippen LogP contribution < -0.4 is 0 Å². The number of carbonyl (C=O) groups is 1. The molecule has 0 spiro atoms. The monoisotopic (exact) mass is 212 g/mol. The van der Waals surface area contributed by atoms with Crippen LogP contribution in [0.4, 0.5) is 0 Å². The van der Waals surface area contributed by atoms with Gasteiger partial charge in [-0.15, -0.1) is 11.3 Å². The largest absolute Gasteiger partial charge is 0.466 e. The van der Waals surface area contributed by atoms with Crippen LogP contribution in [0.15, 0.2) is 17.5 Å². The van der Waals surface area contributed by atoms with Crippen molar-refractivity contribution >= 4 is 17.3 Å². The first kappa shape index (κ1) is 11.2. The van der Waals surface area contributed by atoms with Gasteiger partial charge in [0.25, 0.3) is 0 Å². The molecule has 0 bridgehead atoms. The van der Waals surface area contributed by atoms with Crippen LogP contribution in [-0.2, 0) is 16.0 Å². The molecule has 0 aliphatic carbocycles. The van der Waals surface area contributed by atoms with E-state index in [1.165, 1.54) is 4.88 Å². The molecule has 0 fully saturated rings. The molecule has 0 amide bonds. The zero-order valence-corrected chi connectivity index (χ0v) is 9.31. The standard InChI is InChI=1S/C11H16O2S/c1-2-8-13-11(12)7-3-5-10-6-4-9-14-10/h4,6,9H,2-3,5,7-8H2,1H3. The summed E-state index contributed by atoms with van der Waals surface area (Å²) >= 11 is 1.74. The van der Waals surface area contributed by atoms with Crippen molar-refractivity contribution in [1.82, 2.24) is 0 Å². The third-order valence-corrected chi connectivity index (χ3v) is 2.79. The third kappa shape index (κ3) is 4.42. The fraction of sp³-hybridized carbons (Fsp3) is 0.545. The molecule has 0 radical (unpaired) electrons. The van der Waals surface area contributed by atoms with Crippen molar-refractivity contribution in [3.63, 3.8) is 0 Å². The van der Waals surface area contributed by atoms with Gasteiger partial charge in [0.1, 0.15) is 0 Å². The first-order valence-electron chi connectivity index (χ1n) is 5.01. The number of ether oxygens (including phenoxy) is 1. The number of carbonyl (C=O) groups excluding carboxylic acids is 1. The van der Waals surface area contributed by atoms with Crippen LogP contribution in [-0.4, -0.2) is 12.6 Å². The highest BCUT2D eigenvalue weighted by atomic mass is 32.1. The average Bonchev–Trinajstić information content (AvgIpc) is 2.67. The van der Waals surface area contributed by atoms with Crippen molar-refractivity contribution in [2.75, 3.05) is 6.61 Å². The molecule has 0 unspecified atom stereocenters. The molecule has 0 saturated heterocycles. The Morgan fingerprint density at radius 3 is 3.07 bits per heavy atom. The van der Waals surface area contributed by atoms with E-state index in [2.05, 4.69) is 11.4 Å². The molecule has 0 aliphatic rings. The normalized spacial score (nSPS) is 10.1. The van der Waals surface area contributed by atoms with Crippen LogP contribution in [0.2, 0.25) is 0 Å². The first-order valence-corrected chi connectivity index (χ1v) is 5.89. The van der Waals surface area contributed by atoms with Crippen molar-refractivity contribution in [3.05, 3.63) is 22.4 Å². The van der Waals surface area contributed by atoms with Gasteiger partial charge in [-0.25, -0.2) is 0 Å². The molecule has 1 aromatic heterocycles. The van der Waals surface area contributed by atoms with E-state index >= 15 is 0 Å². The van der Waals surface area contributed by atoms with E-state index in [0.717, 1.165) is 19.3 Å². The van der Waals surface area contributed by atoms with Gasteiger partial charge in [0.15, 0.2) is 0 Å². The molecule has 1 aromatic rings. The molecule has 2 nitrogen and oxygen atoms in total. The van der Waals surface area contributed by atoms with Crippen molar-refractivity contribution in [3.8, 4) is 0 Å². The summed E-state index contributed by atoms with van der Waals surface area (Å²) in [5, 5.41) is 2.06. The van der Waals surface area contributed by atoms with E-state index in [4.69, 9.17) is 4.74 Å². The predicted octanol–water partition coefficient (Wildman–Crippen LogP) is 3.02. The van der Waals surface area contributed by atoms with Gasteiger partial charge in [0.05, 0.1) is 6.61 Å². The molecule has 0 N–H and O–H groups in total. The molecule has 1 heterocycles. The van der Waals surface area contributed by atoms with Crippen LogP contribution >= 0.6 is 11.3 Å². The Balaban J connectivity index is 2.06. The second-order valence-electron chi connectivity index (χ2n) is 3.15. The van der Waals surface area contributed by atoms with Crippen LogP contribution in [0, 0.1) is 0 Å². The minimum absolute atomic E-state index is 0.0663. The van der Waals surface area contributed by atoms with Gasteiger partial charge in [-0.2, -0.15) is 0 Å². The lowest BCUT2D eigenvalue weighted by molar-refractivity contribution is -0.143. The highest BCUT2D eigenvalue weighted by molar-refractivity contribution is 7.09. The summed E-state index contributed by atoms with van der Waals surface area (Å²) in [5.41, 5.74) is 0. The number of hydrogen-bond acceptors (Lipinski definition) is 3. The Morgan fingerprint density at radius 2 is 2.43 bits per heavy atom. The van der Waals surface area contributed by atoms with Crippen molar-refractivity contribution in [2.24, 2.45) is 0 Å². The highest BCUT2D eigenvalue weighted by Crippen LogP contribution is 2.12. The summed E-state index contributed by atoms with van der Waals surface area (Å²) in [4.78, 5) is 12.5. The number of esters is 1. The van der Waals surface area contributed by atoms with Crippen LogP contribution in [0.1, 0.15) is 31.1 Å². The molecule has 0 atom stereocenters. The lowest BCUT2D eigenvalue weighted by atomic mass is 10.2. The van der Waals surface area contributed by atoms with Gasteiger partial charge in [-0.05, 0) is 30.7 Å². The second kappa shape index (κ2) is 6.60. The van der Waals surface area contributed by atoms with Gasteiger partial charge in [0.2, 0.25) is 0 Å². The Kier molecular flexibility index (Phi) is 5.30. The zero-order chi connectivity index (χ0) is 10.2. The quantitative estimate of drug-likeness (QED) is 0.677.